The number of nitrogens with zero attached hydrogens (tertiary/aromatic N) is 2. The van der Waals surface area contributed by atoms with Gasteiger partial charge in [0.05, 0.1) is 17.1 Å². The van der Waals surface area contributed by atoms with Gasteiger partial charge in [-0.3, -0.25) is 4.79 Å². The molecule has 1 amide bonds. The summed E-state index contributed by atoms with van der Waals surface area (Å²) in [6.07, 6.45) is 0.0743. The first kappa shape index (κ1) is 14.9. The summed E-state index contributed by atoms with van der Waals surface area (Å²) in [5.41, 5.74) is 0.398. The molecule has 2 heterocycles. The monoisotopic (exact) mass is 297 g/mol. The van der Waals surface area contributed by atoms with Crippen molar-refractivity contribution in [3.05, 3.63) is 15.6 Å². The Bertz CT molecular complexity index is 507. The molecule has 0 aromatic carbocycles. The van der Waals surface area contributed by atoms with Crippen molar-refractivity contribution in [3.8, 4) is 0 Å². The summed E-state index contributed by atoms with van der Waals surface area (Å²) in [5, 5.41) is 13.2. The maximum atomic E-state index is 12.2. The zero-order valence-electron chi connectivity index (χ0n) is 11.7. The molecule has 1 aromatic heterocycles. The van der Waals surface area contributed by atoms with Crippen molar-refractivity contribution in [2.75, 3.05) is 26.2 Å². The highest BCUT2D eigenvalue weighted by Gasteiger charge is 2.23. The second-order valence-electron chi connectivity index (χ2n) is 5.10. The number of aromatic carboxylic acids is 1. The Hall–Kier alpha value is -1.47. The predicted molar refractivity (Wildman–Crippen MR) is 76.3 cm³/mol. The first-order valence-corrected chi connectivity index (χ1v) is 7.52. The topological polar surface area (TPSA) is 82.5 Å². The van der Waals surface area contributed by atoms with Gasteiger partial charge >= 0.3 is 5.97 Å². The molecule has 0 radical (unpaired) electrons. The SMILES string of the molecule is CC(C)c1nc(CC(=O)N2CCNCC2)c(C(=O)O)s1. The maximum absolute atomic E-state index is 12.2. The van der Waals surface area contributed by atoms with Crippen LogP contribution >= 0.6 is 11.3 Å². The van der Waals surface area contributed by atoms with Gasteiger partial charge in [0, 0.05) is 32.1 Å². The van der Waals surface area contributed by atoms with Crippen LogP contribution in [0, 0.1) is 0 Å². The molecule has 0 aliphatic carbocycles. The Morgan fingerprint density at radius 3 is 2.60 bits per heavy atom. The van der Waals surface area contributed by atoms with E-state index in [9.17, 15) is 14.7 Å². The van der Waals surface area contributed by atoms with E-state index < -0.39 is 5.97 Å². The van der Waals surface area contributed by atoms with Crippen molar-refractivity contribution in [3.63, 3.8) is 0 Å². The predicted octanol–water partition coefficient (Wildman–Crippen LogP) is 0.939. The Balaban J connectivity index is 2.14. The molecule has 1 fully saturated rings. The maximum Gasteiger partial charge on any atom is 0.347 e. The molecule has 110 valence electrons. The van der Waals surface area contributed by atoms with Gasteiger partial charge in [0.2, 0.25) is 5.91 Å². The first-order chi connectivity index (χ1) is 9.49. The van der Waals surface area contributed by atoms with Crippen molar-refractivity contribution in [2.45, 2.75) is 26.2 Å². The number of carbonyl (C=O) groups is 2. The van der Waals surface area contributed by atoms with E-state index in [-0.39, 0.29) is 23.1 Å². The van der Waals surface area contributed by atoms with Gasteiger partial charge in [-0.25, -0.2) is 9.78 Å². The zero-order chi connectivity index (χ0) is 14.7. The quantitative estimate of drug-likeness (QED) is 0.864. The van der Waals surface area contributed by atoms with Gasteiger partial charge in [-0.2, -0.15) is 0 Å². The van der Waals surface area contributed by atoms with Crippen LogP contribution in [0.5, 0.6) is 0 Å². The summed E-state index contributed by atoms with van der Waals surface area (Å²) in [7, 11) is 0. The Morgan fingerprint density at radius 1 is 1.40 bits per heavy atom. The fourth-order valence-corrected chi connectivity index (χ4v) is 3.00. The van der Waals surface area contributed by atoms with Crippen molar-refractivity contribution in [1.82, 2.24) is 15.2 Å². The van der Waals surface area contributed by atoms with Crippen molar-refractivity contribution in [1.29, 1.82) is 0 Å². The number of hydrogen-bond acceptors (Lipinski definition) is 5. The fourth-order valence-electron chi connectivity index (χ4n) is 2.07. The van der Waals surface area contributed by atoms with Gasteiger partial charge in [-0.1, -0.05) is 13.8 Å². The average Bonchev–Trinajstić information content (AvgIpc) is 2.84. The van der Waals surface area contributed by atoms with Gasteiger partial charge in [0.1, 0.15) is 4.88 Å². The van der Waals surface area contributed by atoms with Crippen LogP contribution < -0.4 is 5.32 Å². The number of hydrogen-bond donors (Lipinski definition) is 2. The minimum atomic E-state index is -1.00. The van der Waals surface area contributed by atoms with E-state index in [0.717, 1.165) is 18.1 Å². The molecule has 0 bridgehead atoms. The van der Waals surface area contributed by atoms with E-state index in [1.807, 2.05) is 13.8 Å². The highest BCUT2D eigenvalue weighted by molar-refractivity contribution is 7.13. The van der Waals surface area contributed by atoms with Crippen LogP contribution in [0.2, 0.25) is 0 Å². The molecule has 1 saturated heterocycles. The van der Waals surface area contributed by atoms with Crippen molar-refractivity contribution in [2.24, 2.45) is 0 Å². The van der Waals surface area contributed by atoms with E-state index in [0.29, 0.717) is 18.8 Å². The Kier molecular flexibility index (Phi) is 4.72. The van der Waals surface area contributed by atoms with Crippen molar-refractivity contribution >= 4 is 23.2 Å². The summed E-state index contributed by atoms with van der Waals surface area (Å²) in [6.45, 7) is 6.83. The van der Waals surface area contributed by atoms with Crippen LogP contribution in [0.25, 0.3) is 0 Å². The van der Waals surface area contributed by atoms with Gasteiger partial charge in [0.25, 0.3) is 0 Å². The van der Waals surface area contributed by atoms with E-state index in [1.54, 1.807) is 4.90 Å². The molecular formula is C13H19N3O3S. The molecule has 0 saturated carbocycles. The number of carboxylic acid groups (broad SMARTS) is 1. The second kappa shape index (κ2) is 6.32. The van der Waals surface area contributed by atoms with Crippen LogP contribution in [-0.2, 0) is 11.2 Å². The molecular weight excluding hydrogens is 278 g/mol. The number of thiazole rings is 1. The summed E-state index contributed by atoms with van der Waals surface area (Å²) in [6, 6.07) is 0. The average molecular weight is 297 g/mol. The Morgan fingerprint density at radius 2 is 2.05 bits per heavy atom. The lowest BCUT2D eigenvalue weighted by Gasteiger charge is -2.27. The van der Waals surface area contributed by atoms with E-state index in [4.69, 9.17) is 0 Å². The number of amides is 1. The largest absolute Gasteiger partial charge is 0.477 e. The summed E-state index contributed by atoms with van der Waals surface area (Å²) in [5.74, 6) is -0.881. The normalized spacial score (nSPS) is 15.7. The number of aromatic nitrogens is 1. The Labute approximate surface area is 121 Å². The molecule has 2 rings (SSSR count). The standard InChI is InChI=1S/C13H19N3O3S/c1-8(2)12-15-9(11(20-12)13(18)19)7-10(17)16-5-3-14-4-6-16/h8,14H,3-7H2,1-2H3,(H,18,19). The highest BCUT2D eigenvalue weighted by atomic mass is 32.1. The van der Waals surface area contributed by atoms with Crippen LogP contribution in [0.15, 0.2) is 0 Å². The lowest BCUT2D eigenvalue weighted by Crippen LogP contribution is -2.47. The lowest BCUT2D eigenvalue weighted by atomic mass is 10.2. The third-order valence-electron chi connectivity index (χ3n) is 3.19. The third-order valence-corrected chi connectivity index (χ3v) is 4.58. The smallest absolute Gasteiger partial charge is 0.347 e. The minimum absolute atomic E-state index is 0.0467. The molecule has 6 nitrogen and oxygen atoms in total. The molecule has 0 spiro atoms. The highest BCUT2D eigenvalue weighted by Crippen LogP contribution is 2.25. The van der Waals surface area contributed by atoms with Gasteiger partial charge < -0.3 is 15.3 Å². The number of rotatable bonds is 4. The summed E-state index contributed by atoms with van der Waals surface area (Å²) in [4.78, 5) is 29.7. The number of carbonyl (C=O) groups excluding carboxylic acids is 1. The second-order valence-corrected chi connectivity index (χ2v) is 6.13. The molecule has 20 heavy (non-hydrogen) atoms. The molecule has 1 aliphatic rings. The van der Waals surface area contributed by atoms with Crippen molar-refractivity contribution < 1.29 is 14.7 Å². The zero-order valence-corrected chi connectivity index (χ0v) is 12.5. The van der Waals surface area contributed by atoms with Crippen LogP contribution in [-0.4, -0.2) is 53.0 Å². The molecule has 2 N–H and O–H groups in total. The van der Waals surface area contributed by atoms with E-state index in [1.165, 1.54) is 11.3 Å². The molecule has 0 atom stereocenters. The van der Waals surface area contributed by atoms with Gasteiger partial charge in [0.15, 0.2) is 0 Å². The lowest BCUT2D eigenvalue weighted by molar-refractivity contribution is -0.131. The number of carboxylic acids is 1. The van der Waals surface area contributed by atoms with E-state index >= 15 is 0 Å². The number of nitrogens with one attached hydrogen (secondary N) is 1. The third kappa shape index (κ3) is 3.34. The van der Waals surface area contributed by atoms with Crippen LogP contribution in [0.1, 0.15) is 40.1 Å². The molecule has 0 unspecified atom stereocenters. The number of piperazine rings is 1. The summed E-state index contributed by atoms with van der Waals surface area (Å²) < 4.78 is 0. The van der Waals surface area contributed by atoms with Crippen LogP contribution in [0.3, 0.4) is 0 Å². The van der Waals surface area contributed by atoms with E-state index in [2.05, 4.69) is 10.3 Å². The molecule has 7 heteroatoms. The fraction of sp³-hybridized carbons (Fsp3) is 0.615. The summed E-state index contributed by atoms with van der Waals surface area (Å²) >= 11 is 1.17. The molecule has 1 aliphatic heterocycles. The van der Waals surface area contributed by atoms with Crippen LogP contribution in [0.4, 0.5) is 0 Å². The van der Waals surface area contributed by atoms with Gasteiger partial charge in [-0.05, 0) is 0 Å². The first-order valence-electron chi connectivity index (χ1n) is 6.70. The molecule has 1 aromatic rings. The van der Waals surface area contributed by atoms with Gasteiger partial charge in [-0.15, -0.1) is 11.3 Å². The minimum Gasteiger partial charge on any atom is -0.477 e.